The molecule has 1 aliphatic rings. The van der Waals surface area contributed by atoms with Crippen molar-refractivity contribution in [2.24, 2.45) is 0 Å². The van der Waals surface area contributed by atoms with Crippen LogP contribution in [0.5, 0.6) is 5.75 Å². The van der Waals surface area contributed by atoms with Gasteiger partial charge in [-0.3, -0.25) is 5.43 Å². The maximum absolute atomic E-state index is 9.74. The number of halogens is 1. The fourth-order valence-electron chi connectivity index (χ4n) is 1.95. The SMILES string of the molecule is Oc1c(Cl)cccc1CNN1CCCCC1. The molecular weight excluding hydrogens is 224 g/mol. The molecule has 0 atom stereocenters. The molecule has 0 saturated carbocycles. The lowest BCUT2D eigenvalue weighted by molar-refractivity contribution is 0.150. The minimum atomic E-state index is 0.189. The topological polar surface area (TPSA) is 35.5 Å². The Labute approximate surface area is 101 Å². The van der Waals surface area contributed by atoms with Gasteiger partial charge < -0.3 is 5.11 Å². The van der Waals surface area contributed by atoms with Crippen LogP contribution in [0.2, 0.25) is 5.02 Å². The first kappa shape index (κ1) is 11.7. The van der Waals surface area contributed by atoms with E-state index in [9.17, 15) is 5.11 Å². The number of nitrogens with zero attached hydrogens (tertiary/aromatic N) is 1. The molecule has 1 saturated heterocycles. The van der Waals surface area contributed by atoms with E-state index in [1.165, 1.54) is 19.3 Å². The Morgan fingerprint density at radius 3 is 2.75 bits per heavy atom. The Morgan fingerprint density at radius 1 is 1.25 bits per heavy atom. The smallest absolute Gasteiger partial charge is 0.138 e. The number of hydrogen-bond acceptors (Lipinski definition) is 3. The van der Waals surface area contributed by atoms with Gasteiger partial charge in [-0.2, -0.15) is 0 Å². The second-order valence-corrected chi connectivity index (χ2v) is 4.54. The highest BCUT2D eigenvalue weighted by atomic mass is 35.5. The van der Waals surface area contributed by atoms with Gasteiger partial charge in [0.1, 0.15) is 5.75 Å². The largest absolute Gasteiger partial charge is 0.506 e. The third-order valence-electron chi connectivity index (χ3n) is 2.92. The zero-order valence-corrected chi connectivity index (χ0v) is 10.0. The molecule has 1 aliphatic heterocycles. The monoisotopic (exact) mass is 240 g/mol. The molecule has 1 heterocycles. The molecule has 88 valence electrons. The number of piperidine rings is 1. The van der Waals surface area contributed by atoms with Gasteiger partial charge in [-0.15, -0.1) is 0 Å². The van der Waals surface area contributed by atoms with Crippen molar-refractivity contribution in [3.05, 3.63) is 28.8 Å². The van der Waals surface area contributed by atoms with Crippen LogP contribution >= 0.6 is 11.6 Å². The first-order valence-electron chi connectivity index (χ1n) is 5.72. The van der Waals surface area contributed by atoms with Crippen LogP contribution in [-0.2, 0) is 6.54 Å². The van der Waals surface area contributed by atoms with Crippen molar-refractivity contribution >= 4 is 11.6 Å². The molecule has 0 aromatic heterocycles. The van der Waals surface area contributed by atoms with Gasteiger partial charge in [0.15, 0.2) is 0 Å². The molecule has 0 amide bonds. The molecule has 0 unspecified atom stereocenters. The van der Waals surface area contributed by atoms with Gasteiger partial charge in [0.25, 0.3) is 0 Å². The summed E-state index contributed by atoms with van der Waals surface area (Å²) in [5.41, 5.74) is 4.17. The third kappa shape index (κ3) is 2.88. The summed E-state index contributed by atoms with van der Waals surface area (Å²) in [6.45, 7) is 2.80. The van der Waals surface area contributed by atoms with Crippen molar-refractivity contribution in [3.8, 4) is 5.75 Å². The van der Waals surface area contributed by atoms with Crippen molar-refractivity contribution in [1.29, 1.82) is 0 Å². The molecule has 16 heavy (non-hydrogen) atoms. The van der Waals surface area contributed by atoms with E-state index in [4.69, 9.17) is 11.6 Å². The third-order valence-corrected chi connectivity index (χ3v) is 3.22. The normalized spacial score (nSPS) is 17.6. The summed E-state index contributed by atoms with van der Waals surface area (Å²) in [6, 6.07) is 5.44. The number of nitrogens with one attached hydrogen (secondary N) is 1. The van der Waals surface area contributed by atoms with Gasteiger partial charge in [0, 0.05) is 25.2 Å². The molecule has 0 aliphatic carbocycles. The maximum Gasteiger partial charge on any atom is 0.138 e. The van der Waals surface area contributed by atoms with E-state index in [-0.39, 0.29) is 5.75 Å². The predicted molar refractivity (Wildman–Crippen MR) is 65.4 cm³/mol. The van der Waals surface area contributed by atoms with Crippen molar-refractivity contribution < 1.29 is 5.11 Å². The minimum absolute atomic E-state index is 0.189. The van der Waals surface area contributed by atoms with Crippen LogP contribution in [0.25, 0.3) is 0 Å². The number of phenols is 1. The Balaban J connectivity index is 1.91. The highest BCUT2D eigenvalue weighted by molar-refractivity contribution is 6.32. The van der Waals surface area contributed by atoms with Crippen molar-refractivity contribution in [1.82, 2.24) is 10.4 Å². The van der Waals surface area contributed by atoms with Crippen LogP contribution in [-0.4, -0.2) is 23.2 Å². The molecule has 2 N–H and O–H groups in total. The highest BCUT2D eigenvalue weighted by Gasteiger charge is 2.10. The van der Waals surface area contributed by atoms with Gasteiger partial charge in [0.2, 0.25) is 0 Å². The number of benzene rings is 1. The van der Waals surface area contributed by atoms with Crippen molar-refractivity contribution in [2.75, 3.05) is 13.1 Å². The van der Waals surface area contributed by atoms with Crippen LogP contribution in [0.3, 0.4) is 0 Å². The van der Waals surface area contributed by atoms with Gasteiger partial charge in [-0.1, -0.05) is 30.2 Å². The minimum Gasteiger partial charge on any atom is -0.506 e. The molecule has 2 rings (SSSR count). The molecule has 0 radical (unpaired) electrons. The summed E-state index contributed by atoms with van der Waals surface area (Å²) < 4.78 is 0. The lowest BCUT2D eigenvalue weighted by Gasteiger charge is -2.27. The summed E-state index contributed by atoms with van der Waals surface area (Å²) in [4.78, 5) is 0. The Hall–Kier alpha value is -0.770. The van der Waals surface area contributed by atoms with Crippen LogP contribution < -0.4 is 5.43 Å². The maximum atomic E-state index is 9.74. The average Bonchev–Trinajstić information content (AvgIpc) is 2.32. The molecule has 0 bridgehead atoms. The number of aromatic hydroxyl groups is 1. The highest BCUT2D eigenvalue weighted by Crippen LogP contribution is 2.26. The van der Waals surface area contributed by atoms with Crippen LogP contribution in [0.1, 0.15) is 24.8 Å². The lowest BCUT2D eigenvalue weighted by atomic mass is 10.1. The molecule has 1 aromatic rings. The molecule has 4 heteroatoms. The van der Waals surface area contributed by atoms with E-state index >= 15 is 0 Å². The zero-order valence-electron chi connectivity index (χ0n) is 9.25. The number of hydrogen-bond donors (Lipinski definition) is 2. The van der Waals surface area contributed by atoms with E-state index in [2.05, 4.69) is 10.4 Å². The van der Waals surface area contributed by atoms with Gasteiger partial charge in [-0.05, 0) is 18.9 Å². The van der Waals surface area contributed by atoms with Gasteiger partial charge in [-0.25, -0.2) is 5.01 Å². The van der Waals surface area contributed by atoms with Crippen LogP contribution in [0, 0.1) is 0 Å². The number of phenolic OH excluding ortho intramolecular Hbond substituents is 1. The summed E-state index contributed by atoms with van der Waals surface area (Å²) in [5.74, 6) is 0.189. The first-order chi connectivity index (χ1) is 7.77. The zero-order chi connectivity index (χ0) is 11.4. The van der Waals surface area contributed by atoms with E-state index < -0.39 is 0 Å². The predicted octanol–water partition coefficient (Wildman–Crippen LogP) is 2.54. The second kappa shape index (κ2) is 5.53. The Bertz CT molecular complexity index is 351. The second-order valence-electron chi connectivity index (χ2n) is 4.13. The Kier molecular flexibility index (Phi) is 4.04. The lowest BCUT2D eigenvalue weighted by Crippen LogP contribution is -2.41. The van der Waals surface area contributed by atoms with Gasteiger partial charge in [0.05, 0.1) is 5.02 Å². The standard InChI is InChI=1S/C12H17ClN2O/c13-11-6-4-5-10(12(11)16)9-14-15-7-2-1-3-8-15/h4-6,14,16H,1-3,7-9H2. The molecule has 1 fully saturated rings. The van der Waals surface area contributed by atoms with Crippen LogP contribution in [0.4, 0.5) is 0 Å². The summed E-state index contributed by atoms with van der Waals surface area (Å²) in [5, 5.41) is 12.4. The summed E-state index contributed by atoms with van der Waals surface area (Å²) >= 11 is 5.84. The summed E-state index contributed by atoms with van der Waals surface area (Å²) in [6.07, 6.45) is 3.81. The number of hydrazine groups is 1. The molecule has 0 spiro atoms. The average molecular weight is 241 g/mol. The first-order valence-corrected chi connectivity index (χ1v) is 6.10. The summed E-state index contributed by atoms with van der Waals surface area (Å²) in [7, 11) is 0. The van der Waals surface area contributed by atoms with Crippen LogP contribution in [0.15, 0.2) is 18.2 Å². The van der Waals surface area contributed by atoms with Crippen molar-refractivity contribution in [3.63, 3.8) is 0 Å². The quantitative estimate of drug-likeness (QED) is 0.853. The fourth-order valence-corrected chi connectivity index (χ4v) is 2.15. The van der Waals surface area contributed by atoms with E-state index in [0.29, 0.717) is 11.6 Å². The van der Waals surface area contributed by atoms with Gasteiger partial charge >= 0.3 is 0 Å². The number of para-hydroxylation sites is 1. The Morgan fingerprint density at radius 2 is 2.00 bits per heavy atom. The molecular formula is C12H17ClN2O. The van der Waals surface area contributed by atoms with Crippen molar-refractivity contribution in [2.45, 2.75) is 25.8 Å². The van der Waals surface area contributed by atoms with E-state index in [0.717, 1.165) is 18.7 Å². The van der Waals surface area contributed by atoms with E-state index in [1.807, 2.05) is 12.1 Å². The van der Waals surface area contributed by atoms with E-state index in [1.54, 1.807) is 6.07 Å². The number of rotatable bonds is 3. The molecule has 3 nitrogen and oxygen atoms in total. The molecule has 1 aromatic carbocycles. The fraction of sp³-hybridized carbons (Fsp3) is 0.500.